The van der Waals surface area contributed by atoms with E-state index in [4.69, 9.17) is 28.4 Å². The highest BCUT2D eigenvalue weighted by molar-refractivity contribution is 8.00. The van der Waals surface area contributed by atoms with Crippen LogP contribution >= 0.6 is 35.3 Å². The van der Waals surface area contributed by atoms with Crippen LogP contribution in [-0.4, -0.2) is 28.4 Å². The van der Waals surface area contributed by atoms with Gasteiger partial charge < -0.3 is 28.4 Å². The average molecular weight is 1460 g/mol. The van der Waals surface area contributed by atoms with Gasteiger partial charge in [-0.05, 0) is 227 Å². The minimum Gasteiger partial charge on any atom is -0.497 e. The quantitative estimate of drug-likeness (QED) is 0.0836. The maximum Gasteiger partial charge on any atom is 0.178 e. The largest absolute Gasteiger partial charge is 0.497 e. The molecule has 0 N–H and O–H groups in total. The summed E-state index contributed by atoms with van der Waals surface area (Å²) in [5, 5.41) is 4.45. The molecule has 12 aromatic rings. The van der Waals surface area contributed by atoms with Gasteiger partial charge in [-0.1, -0.05) is 234 Å². The molecular formula is C98H90O6S3. The third-order valence-corrected chi connectivity index (χ3v) is 29.3. The van der Waals surface area contributed by atoms with Crippen LogP contribution < -0.4 is 28.4 Å². The summed E-state index contributed by atoms with van der Waals surface area (Å²) in [5.41, 5.74) is 15.7. The lowest BCUT2D eigenvalue weighted by atomic mass is 9.58. The third-order valence-electron chi connectivity index (χ3n) is 26.2. The van der Waals surface area contributed by atoms with Crippen LogP contribution in [0.4, 0.5) is 0 Å². The van der Waals surface area contributed by atoms with E-state index in [2.05, 4.69) is 283 Å². The summed E-state index contributed by atoms with van der Waals surface area (Å²) in [6.45, 7) is 9.62. The zero-order valence-electron chi connectivity index (χ0n) is 62.4. The van der Waals surface area contributed by atoms with E-state index < -0.39 is 11.2 Å². The van der Waals surface area contributed by atoms with Crippen LogP contribution in [0.5, 0.6) is 34.5 Å². The zero-order chi connectivity index (χ0) is 72.9. The highest BCUT2D eigenvalue weighted by Gasteiger charge is 2.54. The fourth-order valence-electron chi connectivity index (χ4n) is 19.7. The summed E-state index contributed by atoms with van der Waals surface area (Å²) in [4.78, 5) is 6.68. The van der Waals surface area contributed by atoms with E-state index in [1.807, 2.05) is 0 Å². The number of fused-ring (bicyclic) bond motifs is 20. The molecule has 107 heavy (non-hydrogen) atoms. The van der Waals surface area contributed by atoms with Crippen molar-refractivity contribution >= 4 is 69.0 Å². The molecule has 0 bridgehead atoms. The molecule has 0 radical (unpaired) electrons. The monoisotopic (exact) mass is 1460 g/mol. The second-order valence-corrected chi connectivity index (χ2v) is 33.9. The highest BCUT2D eigenvalue weighted by atomic mass is 32.2. The Labute approximate surface area is 643 Å². The first-order valence-corrected chi connectivity index (χ1v) is 40.9. The van der Waals surface area contributed by atoms with Gasteiger partial charge in [-0.25, -0.2) is 0 Å². The van der Waals surface area contributed by atoms with E-state index in [9.17, 15) is 0 Å². The van der Waals surface area contributed by atoms with Gasteiger partial charge in [0.05, 0.1) is 38.2 Å². The number of rotatable bonds is 18. The summed E-state index contributed by atoms with van der Waals surface area (Å²) >= 11 is 5.26. The van der Waals surface area contributed by atoms with Gasteiger partial charge in [-0.15, -0.1) is 0 Å². The van der Waals surface area contributed by atoms with Crippen molar-refractivity contribution in [2.24, 2.45) is 10.8 Å². The van der Waals surface area contributed by atoms with Crippen LogP contribution in [0.2, 0.25) is 0 Å². The molecule has 6 nitrogen and oxygen atoms in total. The molecular weight excluding hydrogens is 1370 g/mol. The third kappa shape index (κ3) is 11.1. The molecule has 12 aromatic carbocycles. The fraction of sp³-hybridized carbons (Fsp3) is 0.265. The van der Waals surface area contributed by atoms with E-state index >= 15 is 0 Å². The van der Waals surface area contributed by atoms with Gasteiger partial charge in [0.25, 0.3) is 0 Å². The second-order valence-electron chi connectivity index (χ2n) is 30.5. The Morgan fingerprint density at radius 2 is 0.673 bits per heavy atom. The number of ether oxygens (including phenoxy) is 6. The molecule has 4 aliphatic carbocycles. The first-order valence-electron chi connectivity index (χ1n) is 38.5. The van der Waals surface area contributed by atoms with Crippen LogP contribution in [0, 0.1) is 10.8 Å². The standard InChI is InChI=1S/C98H90O6S3/c1-9-93(10-2)51-55-95(56-52-93)81-29-21-19-27-73(81)87-77-61-85(106-69-23-15-13-16-24-69)83(101-7)59-79(77)91-75(89(87)95)47-49-97(103-91,63-31-39-67(99-5)40-32-63)65-35-43-71(44-36-65)105-72-45-37-66(38-46-72)98(64-33-41-68(100-6)42-34-64)50-48-76-90-88(74-28-20-22-30-82(74)96(90)57-53-94(11-3,12-4)54-58-96)78-62-86(107-70-25-17-14-18-26-70)84(102-8)60-80(78)92(76)104-98/h13-50,59-62H,9-12,51-58H2,1-8H3. The van der Waals surface area contributed by atoms with Crippen LogP contribution in [0.3, 0.4) is 0 Å². The van der Waals surface area contributed by atoms with Crippen LogP contribution in [0.15, 0.2) is 272 Å². The van der Waals surface area contributed by atoms with Gasteiger partial charge in [-0.2, -0.15) is 0 Å². The molecule has 536 valence electrons. The fourth-order valence-corrected chi connectivity index (χ4v) is 22.5. The molecule has 18 rings (SSSR count). The molecule has 2 unspecified atom stereocenters. The topological polar surface area (TPSA) is 55.4 Å². The summed E-state index contributed by atoms with van der Waals surface area (Å²) < 4.78 is 40.7. The number of methoxy groups -OCH3 is 4. The maximum atomic E-state index is 8.10. The smallest absolute Gasteiger partial charge is 0.178 e. The van der Waals surface area contributed by atoms with E-state index in [-0.39, 0.29) is 10.8 Å². The summed E-state index contributed by atoms with van der Waals surface area (Å²) in [5.74, 6) is 4.96. The van der Waals surface area contributed by atoms with Gasteiger partial charge in [-0.3, -0.25) is 0 Å². The summed E-state index contributed by atoms with van der Waals surface area (Å²) in [6, 6.07) is 84.3. The molecule has 2 heterocycles. The summed E-state index contributed by atoms with van der Waals surface area (Å²) in [7, 11) is 7.05. The second kappa shape index (κ2) is 27.3. The first-order chi connectivity index (χ1) is 52.4. The molecule has 6 aliphatic rings. The van der Waals surface area contributed by atoms with E-state index in [1.165, 1.54) is 118 Å². The predicted molar refractivity (Wildman–Crippen MR) is 441 cm³/mol. The minimum absolute atomic E-state index is 0.183. The highest BCUT2D eigenvalue weighted by Crippen LogP contribution is 2.68. The Morgan fingerprint density at radius 1 is 0.336 bits per heavy atom. The Kier molecular flexibility index (Phi) is 17.7. The van der Waals surface area contributed by atoms with Crippen molar-refractivity contribution in [2.75, 3.05) is 28.4 Å². The van der Waals surface area contributed by atoms with Gasteiger partial charge >= 0.3 is 0 Å². The summed E-state index contributed by atoms with van der Waals surface area (Å²) in [6.07, 6.45) is 23.4. The Morgan fingerprint density at radius 3 is 1.02 bits per heavy atom. The molecule has 2 spiro atoms. The lowest BCUT2D eigenvalue weighted by Crippen LogP contribution is -2.38. The van der Waals surface area contributed by atoms with Crippen LogP contribution in [0.25, 0.3) is 56.0 Å². The van der Waals surface area contributed by atoms with Crippen molar-refractivity contribution in [3.63, 3.8) is 0 Å². The number of hydrogen-bond donors (Lipinski definition) is 0. The Hall–Kier alpha value is -9.51. The lowest BCUT2D eigenvalue weighted by molar-refractivity contribution is 0.132. The molecule has 0 aromatic heterocycles. The van der Waals surface area contributed by atoms with Crippen molar-refractivity contribution in [1.29, 1.82) is 0 Å². The van der Waals surface area contributed by atoms with Crippen molar-refractivity contribution in [1.82, 2.24) is 0 Å². The van der Waals surface area contributed by atoms with Crippen molar-refractivity contribution < 1.29 is 28.4 Å². The van der Waals surface area contributed by atoms with Gasteiger partial charge in [0, 0.05) is 74.6 Å². The van der Waals surface area contributed by atoms with Crippen molar-refractivity contribution in [3.05, 3.63) is 298 Å². The van der Waals surface area contributed by atoms with E-state index in [0.29, 0.717) is 10.8 Å². The molecule has 0 saturated heterocycles. The minimum atomic E-state index is -1.03. The lowest BCUT2D eigenvalue weighted by Gasteiger charge is -2.47. The molecule has 2 fully saturated rings. The Bertz CT molecular complexity index is 5120. The molecule has 2 saturated carbocycles. The molecule has 9 heteroatoms. The van der Waals surface area contributed by atoms with Crippen LogP contribution in [-0.2, 0) is 22.0 Å². The molecule has 2 aliphatic heterocycles. The normalized spacial score (nSPS) is 19.1. The Balaban J connectivity index is 0.738. The van der Waals surface area contributed by atoms with E-state index in [0.717, 1.165) is 123 Å². The number of hydrogen-bond acceptors (Lipinski definition) is 9. The van der Waals surface area contributed by atoms with Gasteiger partial charge in [0.15, 0.2) is 11.2 Å². The van der Waals surface area contributed by atoms with Gasteiger partial charge in [0.1, 0.15) is 34.5 Å². The van der Waals surface area contributed by atoms with Crippen molar-refractivity contribution in [2.45, 2.75) is 156 Å². The molecule has 2 atom stereocenters. The zero-order valence-corrected chi connectivity index (χ0v) is 64.9. The average Bonchev–Trinajstić information content (AvgIpc) is 1.55. The number of benzene rings is 12. The van der Waals surface area contributed by atoms with Crippen LogP contribution in [0.1, 0.15) is 160 Å². The SMILES string of the molecule is CCC1(CC)CCC2(CC1)c1ccccc1-c1c2c2c(c3cc(OC)c(Sc4ccccc4)cc13)OC(c1ccc(OC)cc1)(c1ccc(Sc3ccc(C4(c5ccc(OC)cc5)C=Cc5c6c(c7cc(Sc8ccccc8)c(OC)cc7c5O4)-c4ccccc4C64CCC(CC)(CC)CC4)cc3)cc1)C=C2. The van der Waals surface area contributed by atoms with E-state index in [1.54, 1.807) is 63.7 Å². The predicted octanol–water partition coefficient (Wildman–Crippen LogP) is 26.5. The van der Waals surface area contributed by atoms with Gasteiger partial charge in [0.2, 0.25) is 0 Å². The maximum absolute atomic E-state index is 8.10. The molecule has 0 amide bonds. The van der Waals surface area contributed by atoms with Crippen molar-refractivity contribution in [3.8, 4) is 56.8 Å². The first kappa shape index (κ1) is 69.2.